The van der Waals surface area contributed by atoms with Gasteiger partial charge in [-0.1, -0.05) is 40.0 Å². The van der Waals surface area contributed by atoms with Gasteiger partial charge in [-0.3, -0.25) is 0 Å². The molecule has 0 saturated carbocycles. The fraction of sp³-hybridized carbons (Fsp3) is 1.00. The molecule has 1 N–H and O–H groups in total. The summed E-state index contributed by atoms with van der Waals surface area (Å²) in [5.41, 5.74) is 0. The highest BCUT2D eigenvalue weighted by molar-refractivity contribution is 4.81. The first-order chi connectivity index (χ1) is 10.6. The molecule has 0 rings (SSSR count). The first-order valence-corrected chi connectivity index (χ1v) is 9.11. The minimum atomic E-state index is -0.569. The monoisotopic (exact) mass is 318 g/mol. The van der Waals surface area contributed by atoms with Crippen molar-refractivity contribution in [2.24, 2.45) is 0 Å². The predicted octanol–water partition coefficient (Wildman–Crippen LogP) is 3.94. The van der Waals surface area contributed by atoms with Crippen LogP contribution in [0.4, 0.5) is 0 Å². The molecule has 0 radical (unpaired) electrons. The van der Waals surface area contributed by atoms with Gasteiger partial charge in [0.1, 0.15) is 12.2 Å². The lowest BCUT2D eigenvalue weighted by Gasteiger charge is -2.33. The Hall–Kier alpha value is -0.160. The van der Waals surface area contributed by atoms with E-state index < -0.39 is 6.10 Å². The third kappa shape index (κ3) is 9.78. The SMILES string of the molecule is CCCCOC(C)C(OCCCC)[C@H](OCCCC)C(C)O. The maximum atomic E-state index is 10.1. The lowest BCUT2D eigenvalue weighted by atomic mass is 10.0. The van der Waals surface area contributed by atoms with Crippen LogP contribution in [0, 0.1) is 0 Å². The van der Waals surface area contributed by atoms with Gasteiger partial charge < -0.3 is 19.3 Å². The van der Waals surface area contributed by atoms with Crippen LogP contribution in [0.15, 0.2) is 0 Å². The highest BCUT2D eigenvalue weighted by Crippen LogP contribution is 2.17. The van der Waals surface area contributed by atoms with Crippen molar-refractivity contribution in [2.75, 3.05) is 19.8 Å². The second-order valence-electron chi connectivity index (χ2n) is 6.05. The van der Waals surface area contributed by atoms with E-state index >= 15 is 0 Å². The first-order valence-electron chi connectivity index (χ1n) is 9.11. The molecule has 0 aromatic rings. The molecule has 0 saturated heterocycles. The third-order valence-electron chi connectivity index (χ3n) is 3.76. The van der Waals surface area contributed by atoms with Crippen molar-refractivity contribution in [1.82, 2.24) is 0 Å². The van der Waals surface area contributed by atoms with Gasteiger partial charge in [-0.05, 0) is 33.1 Å². The minimum Gasteiger partial charge on any atom is -0.391 e. The standard InChI is InChI=1S/C18H38O4/c1-6-9-12-20-16(5)18(22-14-11-8-3)17(15(4)19)21-13-10-7-2/h15-19H,6-14H2,1-5H3/t15?,16?,17-,18?/m1/s1. The molecule has 0 aliphatic carbocycles. The quantitative estimate of drug-likeness (QED) is 0.465. The molecular weight excluding hydrogens is 280 g/mol. The third-order valence-corrected chi connectivity index (χ3v) is 3.76. The van der Waals surface area contributed by atoms with Gasteiger partial charge in [0.2, 0.25) is 0 Å². The zero-order valence-electron chi connectivity index (χ0n) is 15.3. The van der Waals surface area contributed by atoms with Gasteiger partial charge in [0.05, 0.1) is 12.2 Å². The lowest BCUT2D eigenvalue weighted by Crippen LogP contribution is -2.47. The van der Waals surface area contributed by atoms with Crippen molar-refractivity contribution in [3.63, 3.8) is 0 Å². The molecule has 0 aromatic carbocycles. The van der Waals surface area contributed by atoms with Crippen molar-refractivity contribution in [1.29, 1.82) is 0 Å². The van der Waals surface area contributed by atoms with Crippen LogP contribution < -0.4 is 0 Å². The Bertz CT molecular complexity index is 233. The van der Waals surface area contributed by atoms with E-state index in [4.69, 9.17) is 14.2 Å². The number of hydrogen-bond acceptors (Lipinski definition) is 4. The van der Waals surface area contributed by atoms with E-state index in [0.717, 1.165) is 45.1 Å². The molecule has 0 amide bonds. The lowest BCUT2D eigenvalue weighted by molar-refractivity contribution is -0.162. The van der Waals surface area contributed by atoms with E-state index in [9.17, 15) is 5.11 Å². The fourth-order valence-electron chi connectivity index (χ4n) is 2.24. The summed E-state index contributed by atoms with van der Waals surface area (Å²) in [5.74, 6) is 0. The number of hydrogen-bond donors (Lipinski definition) is 1. The zero-order chi connectivity index (χ0) is 16.8. The summed E-state index contributed by atoms with van der Waals surface area (Å²) in [5, 5.41) is 10.1. The summed E-state index contributed by atoms with van der Waals surface area (Å²) in [6.07, 6.45) is 5.13. The summed E-state index contributed by atoms with van der Waals surface area (Å²) in [7, 11) is 0. The topological polar surface area (TPSA) is 47.9 Å². The second kappa shape index (κ2) is 14.4. The Morgan fingerprint density at radius 3 is 1.50 bits per heavy atom. The molecule has 0 fully saturated rings. The molecule has 0 aromatic heterocycles. The Labute approximate surface area is 137 Å². The molecule has 0 aliphatic heterocycles. The zero-order valence-corrected chi connectivity index (χ0v) is 15.3. The normalized spacial score (nSPS) is 17.2. The van der Waals surface area contributed by atoms with Gasteiger partial charge in [-0.25, -0.2) is 0 Å². The Morgan fingerprint density at radius 2 is 1.09 bits per heavy atom. The fourth-order valence-corrected chi connectivity index (χ4v) is 2.24. The number of unbranched alkanes of at least 4 members (excludes halogenated alkanes) is 3. The maximum absolute atomic E-state index is 10.1. The average molecular weight is 318 g/mol. The molecule has 4 atom stereocenters. The van der Waals surface area contributed by atoms with Gasteiger partial charge in [-0.15, -0.1) is 0 Å². The molecule has 4 heteroatoms. The molecule has 22 heavy (non-hydrogen) atoms. The van der Waals surface area contributed by atoms with Crippen LogP contribution >= 0.6 is 0 Å². The molecule has 0 heterocycles. The second-order valence-corrected chi connectivity index (χ2v) is 6.05. The van der Waals surface area contributed by atoms with E-state index in [2.05, 4.69) is 20.8 Å². The predicted molar refractivity (Wildman–Crippen MR) is 91.3 cm³/mol. The first kappa shape index (κ1) is 21.8. The van der Waals surface area contributed by atoms with Crippen LogP contribution in [0.2, 0.25) is 0 Å². The van der Waals surface area contributed by atoms with Gasteiger partial charge >= 0.3 is 0 Å². The van der Waals surface area contributed by atoms with Gasteiger partial charge in [0.15, 0.2) is 0 Å². The number of ether oxygens (including phenoxy) is 3. The highest BCUT2D eigenvalue weighted by atomic mass is 16.6. The van der Waals surface area contributed by atoms with Crippen LogP contribution in [0.3, 0.4) is 0 Å². The van der Waals surface area contributed by atoms with Crippen LogP contribution in [0.25, 0.3) is 0 Å². The molecule has 134 valence electrons. The van der Waals surface area contributed by atoms with Crippen molar-refractivity contribution < 1.29 is 19.3 Å². The van der Waals surface area contributed by atoms with Crippen molar-refractivity contribution in [3.05, 3.63) is 0 Å². The van der Waals surface area contributed by atoms with E-state index in [-0.39, 0.29) is 18.3 Å². The molecule has 0 spiro atoms. The Kier molecular flexibility index (Phi) is 14.3. The Balaban J connectivity index is 4.65. The number of aliphatic hydroxyl groups excluding tert-OH is 1. The van der Waals surface area contributed by atoms with Crippen molar-refractivity contribution in [3.8, 4) is 0 Å². The molecule has 4 nitrogen and oxygen atoms in total. The number of aliphatic hydroxyl groups is 1. The smallest absolute Gasteiger partial charge is 0.112 e. The maximum Gasteiger partial charge on any atom is 0.112 e. The van der Waals surface area contributed by atoms with E-state index in [1.165, 1.54) is 0 Å². The van der Waals surface area contributed by atoms with Crippen LogP contribution in [0.5, 0.6) is 0 Å². The van der Waals surface area contributed by atoms with Gasteiger partial charge in [0, 0.05) is 19.8 Å². The van der Waals surface area contributed by atoms with Gasteiger partial charge in [0.25, 0.3) is 0 Å². The summed E-state index contributed by atoms with van der Waals surface area (Å²) in [4.78, 5) is 0. The highest BCUT2D eigenvalue weighted by Gasteiger charge is 2.32. The van der Waals surface area contributed by atoms with E-state index in [0.29, 0.717) is 13.2 Å². The van der Waals surface area contributed by atoms with Gasteiger partial charge in [-0.2, -0.15) is 0 Å². The summed E-state index contributed by atoms with van der Waals surface area (Å²) < 4.78 is 17.8. The molecule has 0 aliphatic rings. The Morgan fingerprint density at radius 1 is 0.682 bits per heavy atom. The average Bonchev–Trinajstić information content (AvgIpc) is 2.49. The molecule has 3 unspecified atom stereocenters. The summed E-state index contributed by atoms with van der Waals surface area (Å²) >= 11 is 0. The summed E-state index contributed by atoms with van der Waals surface area (Å²) in [6, 6.07) is 0. The van der Waals surface area contributed by atoms with Crippen LogP contribution in [-0.2, 0) is 14.2 Å². The molecule has 0 bridgehead atoms. The van der Waals surface area contributed by atoms with Crippen LogP contribution in [-0.4, -0.2) is 49.3 Å². The van der Waals surface area contributed by atoms with Crippen molar-refractivity contribution >= 4 is 0 Å². The largest absolute Gasteiger partial charge is 0.391 e. The van der Waals surface area contributed by atoms with Crippen molar-refractivity contribution in [2.45, 2.75) is 97.6 Å². The minimum absolute atomic E-state index is 0.0790. The van der Waals surface area contributed by atoms with E-state index in [1.54, 1.807) is 6.92 Å². The molecular formula is C18H38O4. The van der Waals surface area contributed by atoms with Crippen LogP contribution in [0.1, 0.15) is 73.1 Å². The summed E-state index contributed by atoms with van der Waals surface area (Å²) in [6.45, 7) is 12.3. The van der Waals surface area contributed by atoms with E-state index in [1.807, 2.05) is 6.92 Å². The number of rotatable bonds is 15.